The van der Waals surface area contributed by atoms with Crippen molar-refractivity contribution in [2.75, 3.05) is 24.3 Å². The summed E-state index contributed by atoms with van der Waals surface area (Å²) in [5.74, 6) is -2.89. The molecular weight excluding hydrogens is 611 g/mol. The Bertz CT molecular complexity index is 1350. The van der Waals surface area contributed by atoms with E-state index in [4.69, 9.17) is 15.7 Å². The normalized spacial score (nSPS) is 18.4. The first-order valence-electron chi connectivity index (χ1n) is 10.4. The van der Waals surface area contributed by atoms with Gasteiger partial charge in [0, 0.05) is 21.8 Å². The topological polar surface area (TPSA) is 197 Å². The predicted octanol–water partition coefficient (Wildman–Crippen LogP) is -4.99. The van der Waals surface area contributed by atoms with Gasteiger partial charge in [-0.15, -0.1) is 34.4 Å². The number of oxime groups is 1. The summed E-state index contributed by atoms with van der Waals surface area (Å²) in [5.41, 5.74) is 6.70. The molecule has 2 amide bonds. The van der Waals surface area contributed by atoms with E-state index in [1.54, 1.807) is 6.92 Å². The monoisotopic (exact) mass is 630 g/mol. The van der Waals surface area contributed by atoms with Gasteiger partial charge in [-0.05, 0) is 12.5 Å². The van der Waals surface area contributed by atoms with Gasteiger partial charge in [0.15, 0.2) is 15.2 Å². The maximum absolute atomic E-state index is 13.0. The second-order valence-corrected chi connectivity index (χ2v) is 12.0. The number of fused-ring (bicyclic) bond motifs is 1. The Morgan fingerprint density at radius 2 is 2.03 bits per heavy atom. The fraction of sp³-hybridized carbons (Fsp3) is 0.350. The number of aliphatic carboxylic acids is 2. The SMILES string of the molecule is CO/N=C(\C(=O)N[C@@H]1C(=O)N2C(C(=O)O)=C(CSc3nc(C)c(CC(=O)O)s3)CS[C@H]12)c1csc(N)n1.[Na+].[Na+]. The molecule has 1 saturated heterocycles. The van der Waals surface area contributed by atoms with Crippen LogP contribution in [0.5, 0.6) is 0 Å². The molecule has 2 atom stereocenters. The number of rotatable bonds is 10. The molecule has 39 heavy (non-hydrogen) atoms. The number of aryl methyl sites for hydroxylation is 1. The van der Waals surface area contributed by atoms with Gasteiger partial charge in [0.1, 0.15) is 29.9 Å². The van der Waals surface area contributed by atoms with Crippen molar-refractivity contribution in [2.24, 2.45) is 5.16 Å². The van der Waals surface area contributed by atoms with Crippen molar-refractivity contribution in [3.05, 3.63) is 32.9 Å². The van der Waals surface area contributed by atoms with Crippen LogP contribution in [0.4, 0.5) is 5.13 Å². The number of carboxylic acids is 2. The maximum Gasteiger partial charge on any atom is 1.00 e. The third-order valence-corrected chi connectivity index (χ3v) is 9.65. The molecule has 0 aliphatic carbocycles. The average Bonchev–Trinajstić information content (AvgIpc) is 3.42. The molecule has 0 unspecified atom stereocenters. The summed E-state index contributed by atoms with van der Waals surface area (Å²) in [6.45, 7) is 1.72. The average molecular weight is 631 g/mol. The molecule has 2 aliphatic heterocycles. The third kappa shape index (κ3) is 7.58. The van der Waals surface area contributed by atoms with Gasteiger partial charge in [0.25, 0.3) is 11.8 Å². The number of carboxylic acid groups (broad SMARTS) is 2. The standard InChI is InChI=1S/C20H20N6O7S4.2Na/c1-7-10(3-11(27)28)37-20(22-7)36-5-8-4-34-17-13(16(30)26(17)14(8)18(31)32)24-15(29)12(25-33-2)9-6-35-19(21)23-9;;/h6,13,17H,3-5H2,1-2H3,(H2,21,23)(H,24,29)(H,27,28)(H,31,32);;/q;2*+1/b25-12-;;/t13-,17-;;/m1../s1. The smallest absolute Gasteiger partial charge is 0.481 e. The number of thiazole rings is 2. The molecule has 19 heteroatoms. The Morgan fingerprint density at radius 1 is 1.31 bits per heavy atom. The molecule has 196 valence electrons. The number of nitrogens with one attached hydrogen (secondary N) is 1. The minimum absolute atomic E-state index is 0. The molecule has 4 heterocycles. The molecular formula is C20H20N6Na2O7S4+2. The number of carbonyl (C=O) groups is 4. The molecule has 2 aromatic rings. The van der Waals surface area contributed by atoms with Crippen LogP contribution in [-0.2, 0) is 30.4 Å². The molecule has 0 spiro atoms. The van der Waals surface area contributed by atoms with Crippen LogP contribution in [0.2, 0.25) is 0 Å². The Balaban J connectivity index is 0.00000267. The number of hydrogen-bond acceptors (Lipinski definition) is 13. The Hall–Kier alpha value is -1.15. The maximum atomic E-state index is 13.0. The van der Waals surface area contributed by atoms with Gasteiger partial charge >= 0.3 is 71.1 Å². The first kappa shape index (κ1) is 34.1. The predicted molar refractivity (Wildman–Crippen MR) is 139 cm³/mol. The van der Waals surface area contributed by atoms with Gasteiger partial charge in [-0.1, -0.05) is 16.9 Å². The fourth-order valence-electron chi connectivity index (χ4n) is 3.61. The van der Waals surface area contributed by atoms with E-state index in [1.165, 1.54) is 52.3 Å². The summed E-state index contributed by atoms with van der Waals surface area (Å²) in [7, 11) is 1.26. The molecule has 0 bridgehead atoms. The van der Waals surface area contributed by atoms with E-state index in [2.05, 4.69) is 20.4 Å². The summed E-state index contributed by atoms with van der Waals surface area (Å²) in [6, 6.07) is -0.959. The summed E-state index contributed by atoms with van der Waals surface area (Å²) >= 11 is 4.98. The molecule has 1 fully saturated rings. The van der Waals surface area contributed by atoms with Crippen LogP contribution < -0.4 is 70.2 Å². The quantitative estimate of drug-likeness (QED) is 0.0642. The zero-order chi connectivity index (χ0) is 26.9. The van der Waals surface area contributed by atoms with Crippen molar-refractivity contribution in [1.82, 2.24) is 20.2 Å². The number of nitrogen functional groups attached to an aromatic ring is 1. The number of hydrogen-bond donors (Lipinski definition) is 4. The first-order chi connectivity index (χ1) is 17.6. The Morgan fingerprint density at radius 3 is 2.62 bits per heavy atom. The number of β-lactam (4-membered cyclic amide) rings is 1. The van der Waals surface area contributed by atoms with Crippen LogP contribution in [0.25, 0.3) is 0 Å². The van der Waals surface area contributed by atoms with Gasteiger partial charge in [0.2, 0.25) is 0 Å². The van der Waals surface area contributed by atoms with Gasteiger partial charge in [0.05, 0.1) is 12.1 Å². The largest absolute Gasteiger partial charge is 1.00 e. The third-order valence-electron chi connectivity index (χ3n) is 5.25. The van der Waals surface area contributed by atoms with Gasteiger partial charge in [-0.3, -0.25) is 19.3 Å². The van der Waals surface area contributed by atoms with Crippen molar-refractivity contribution in [3.8, 4) is 0 Å². The number of carbonyl (C=O) groups excluding carboxylic acids is 2. The van der Waals surface area contributed by atoms with E-state index < -0.39 is 35.2 Å². The van der Waals surface area contributed by atoms with Crippen LogP contribution in [-0.4, -0.2) is 84.6 Å². The van der Waals surface area contributed by atoms with Gasteiger partial charge in [-0.25, -0.2) is 14.8 Å². The molecule has 13 nitrogen and oxygen atoms in total. The van der Waals surface area contributed by atoms with E-state index in [9.17, 15) is 24.3 Å². The fourth-order valence-corrected chi connectivity index (χ4v) is 7.87. The molecule has 2 aliphatic rings. The minimum atomic E-state index is -1.25. The van der Waals surface area contributed by atoms with Gasteiger partial charge in [-0.2, -0.15) is 0 Å². The Labute approximate surface area is 283 Å². The number of thioether (sulfide) groups is 2. The first-order valence-corrected chi connectivity index (χ1v) is 14.2. The molecule has 2 aromatic heterocycles. The summed E-state index contributed by atoms with van der Waals surface area (Å²) < 4.78 is 0.617. The summed E-state index contributed by atoms with van der Waals surface area (Å²) in [6.07, 6.45) is -0.132. The summed E-state index contributed by atoms with van der Waals surface area (Å²) in [5, 5.41) is 26.3. The molecule has 4 rings (SSSR count). The van der Waals surface area contributed by atoms with Crippen LogP contribution in [0.3, 0.4) is 0 Å². The zero-order valence-corrected chi connectivity index (χ0v) is 28.6. The van der Waals surface area contributed by atoms with Crippen LogP contribution in [0, 0.1) is 6.92 Å². The summed E-state index contributed by atoms with van der Waals surface area (Å²) in [4.78, 5) is 63.9. The second kappa shape index (κ2) is 14.7. The number of nitrogens with two attached hydrogens (primary N) is 1. The Kier molecular flexibility index (Phi) is 12.8. The van der Waals surface area contributed by atoms with Crippen molar-refractivity contribution in [1.29, 1.82) is 0 Å². The minimum Gasteiger partial charge on any atom is -0.481 e. The number of anilines is 1. The van der Waals surface area contributed by atoms with E-state index >= 15 is 0 Å². The second-order valence-electron chi connectivity index (χ2n) is 7.66. The number of aromatic nitrogens is 2. The number of nitrogens with zero attached hydrogens (tertiary/aromatic N) is 4. The molecule has 0 radical (unpaired) electrons. The van der Waals surface area contributed by atoms with E-state index in [0.717, 1.165) is 11.3 Å². The van der Waals surface area contributed by atoms with Gasteiger partial charge < -0.3 is 26.1 Å². The van der Waals surface area contributed by atoms with E-state index in [0.29, 0.717) is 26.2 Å². The molecule has 0 aromatic carbocycles. The molecule has 0 saturated carbocycles. The van der Waals surface area contributed by atoms with Crippen LogP contribution in [0.15, 0.2) is 26.1 Å². The number of amides is 2. The van der Waals surface area contributed by atoms with E-state index in [1.807, 2.05) is 0 Å². The molecule has 5 N–H and O–H groups in total. The van der Waals surface area contributed by atoms with Crippen molar-refractivity contribution >= 4 is 80.8 Å². The van der Waals surface area contributed by atoms with Crippen molar-refractivity contribution in [2.45, 2.75) is 29.1 Å². The van der Waals surface area contributed by atoms with E-state index in [-0.39, 0.29) is 93.5 Å². The van der Waals surface area contributed by atoms with Crippen molar-refractivity contribution in [3.63, 3.8) is 0 Å². The van der Waals surface area contributed by atoms with Crippen LogP contribution in [0.1, 0.15) is 16.3 Å². The zero-order valence-electron chi connectivity index (χ0n) is 21.3. The van der Waals surface area contributed by atoms with Crippen molar-refractivity contribution < 1.29 is 93.3 Å². The van der Waals surface area contributed by atoms with Crippen LogP contribution >= 0.6 is 46.2 Å².